The summed E-state index contributed by atoms with van der Waals surface area (Å²) in [7, 11) is 1.60. The number of benzene rings is 1. The highest BCUT2D eigenvalue weighted by molar-refractivity contribution is 5.94. The quantitative estimate of drug-likeness (QED) is 0.769. The first-order valence-electron chi connectivity index (χ1n) is 7.41. The van der Waals surface area contributed by atoms with Crippen molar-refractivity contribution in [3.8, 4) is 0 Å². The average Bonchev–Trinajstić information content (AvgIpc) is 3.02. The van der Waals surface area contributed by atoms with Gasteiger partial charge in [0.25, 0.3) is 5.91 Å². The highest BCUT2D eigenvalue weighted by Gasteiger charge is 2.39. The molecule has 1 aliphatic carbocycles. The molecule has 6 heteroatoms. The number of carbonyl (C=O) groups is 2. The van der Waals surface area contributed by atoms with E-state index in [-0.39, 0.29) is 29.6 Å². The fourth-order valence-electron chi connectivity index (χ4n) is 2.86. The van der Waals surface area contributed by atoms with E-state index < -0.39 is 0 Å². The van der Waals surface area contributed by atoms with Crippen molar-refractivity contribution >= 4 is 24.2 Å². The van der Waals surface area contributed by atoms with Crippen LogP contribution in [0.25, 0.3) is 0 Å². The lowest BCUT2D eigenvalue weighted by Crippen LogP contribution is -2.43. The molecule has 2 rings (SSSR count). The van der Waals surface area contributed by atoms with E-state index in [1.807, 2.05) is 12.1 Å². The molecule has 4 N–H and O–H groups in total. The van der Waals surface area contributed by atoms with Crippen LogP contribution in [0.1, 0.15) is 41.6 Å². The molecule has 0 unspecified atom stereocenters. The smallest absolute Gasteiger partial charge is 0.251 e. The highest BCUT2D eigenvalue weighted by Crippen LogP contribution is 2.37. The summed E-state index contributed by atoms with van der Waals surface area (Å²) >= 11 is 0. The van der Waals surface area contributed by atoms with Crippen molar-refractivity contribution in [2.24, 2.45) is 11.1 Å². The summed E-state index contributed by atoms with van der Waals surface area (Å²) in [6.45, 7) is 0.878. The Bertz CT molecular complexity index is 511. The summed E-state index contributed by atoms with van der Waals surface area (Å²) in [6.07, 6.45) is 3.91. The third-order valence-corrected chi connectivity index (χ3v) is 4.33. The topological polar surface area (TPSA) is 84.2 Å². The first-order valence-corrected chi connectivity index (χ1v) is 7.41. The summed E-state index contributed by atoms with van der Waals surface area (Å²) in [5.74, 6) is -0.0588. The van der Waals surface area contributed by atoms with Gasteiger partial charge >= 0.3 is 0 Å². The van der Waals surface area contributed by atoms with E-state index in [9.17, 15) is 9.59 Å². The molecular formula is C16H24ClN3O2. The maximum atomic E-state index is 12.3. The van der Waals surface area contributed by atoms with Gasteiger partial charge in [-0.05, 0) is 30.5 Å². The van der Waals surface area contributed by atoms with Gasteiger partial charge in [0, 0.05) is 25.7 Å². The number of hydrogen-bond donors (Lipinski definition) is 3. The van der Waals surface area contributed by atoms with Crippen LogP contribution in [0.2, 0.25) is 0 Å². The summed E-state index contributed by atoms with van der Waals surface area (Å²) < 4.78 is 0. The number of hydrogen-bond acceptors (Lipinski definition) is 3. The number of nitrogens with two attached hydrogens (primary N) is 1. The van der Waals surface area contributed by atoms with E-state index in [4.69, 9.17) is 5.73 Å². The third kappa shape index (κ3) is 3.99. The normalized spacial score (nSPS) is 15.7. The molecule has 22 heavy (non-hydrogen) atoms. The zero-order valence-corrected chi connectivity index (χ0v) is 13.7. The summed E-state index contributed by atoms with van der Waals surface area (Å²) in [5.41, 5.74) is 7.01. The summed E-state index contributed by atoms with van der Waals surface area (Å²) in [6, 6.07) is 7.23. The molecule has 2 amide bonds. The SMILES string of the molecule is CNC(=O)c1ccc(CNC(=O)C2(CN)CCCC2)cc1.Cl. The van der Waals surface area contributed by atoms with Crippen molar-refractivity contribution in [3.05, 3.63) is 35.4 Å². The average molecular weight is 326 g/mol. The van der Waals surface area contributed by atoms with E-state index in [1.165, 1.54) is 0 Å². The first kappa shape index (κ1) is 18.5. The first-order chi connectivity index (χ1) is 10.1. The zero-order valence-electron chi connectivity index (χ0n) is 12.9. The molecule has 0 spiro atoms. The Morgan fingerprint density at radius 1 is 1.18 bits per heavy atom. The number of nitrogens with one attached hydrogen (secondary N) is 2. The fourth-order valence-corrected chi connectivity index (χ4v) is 2.86. The summed E-state index contributed by atoms with van der Waals surface area (Å²) in [5, 5.41) is 5.55. The molecule has 1 aliphatic rings. The molecule has 0 bridgehead atoms. The van der Waals surface area contributed by atoms with Crippen LogP contribution in [0.5, 0.6) is 0 Å². The molecular weight excluding hydrogens is 302 g/mol. The van der Waals surface area contributed by atoms with Crippen molar-refractivity contribution in [3.63, 3.8) is 0 Å². The monoisotopic (exact) mass is 325 g/mol. The minimum absolute atomic E-state index is 0. The molecule has 1 fully saturated rings. The number of carbonyl (C=O) groups excluding carboxylic acids is 2. The van der Waals surface area contributed by atoms with Crippen molar-refractivity contribution in [1.29, 1.82) is 0 Å². The van der Waals surface area contributed by atoms with Gasteiger partial charge in [-0.15, -0.1) is 12.4 Å². The zero-order chi connectivity index (χ0) is 15.3. The molecule has 0 aliphatic heterocycles. The second-order valence-electron chi connectivity index (χ2n) is 5.65. The van der Waals surface area contributed by atoms with Gasteiger partial charge in [-0.1, -0.05) is 25.0 Å². The van der Waals surface area contributed by atoms with Crippen molar-refractivity contribution in [2.75, 3.05) is 13.6 Å². The molecule has 1 aromatic carbocycles. The number of halogens is 1. The predicted octanol–water partition coefficient (Wildman–Crippen LogP) is 1.60. The Morgan fingerprint density at radius 2 is 1.77 bits per heavy atom. The number of amides is 2. The van der Waals surface area contributed by atoms with E-state index in [2.05, 4.69) is 10.6 Å². The Morgan fingerprint density at radius 3 is 2.27 bits per heavy atom. The van der Waals surface area contributed by atoms with Gasteiger partial charge in [0.2, 0.25) is 5.91 Å². The molecule has 0 heterocycles. The number of rotatable bonds is 5. The largest absolute Gasteiger partial charge is 0.355 e. The predicted molar refractivity (Wildman–Crippen MR) is 88.9 cm³/mol. The van der Waals surface area contributed by atoms with E-state index in [1.54, 1.807) is 19.2 Å². The van der Waals surface area contributed by atoms with E-state index in [0.29, 0.717) is 18.7 Å². The van der Waals surface area contributed by atoms with Crippen molar-refractivity contribution in [2.45, 2.75) is 32.2 Å². The summed E-state index contributed by atoms with van der Waals surface area (Å²) in [4.78, 5) is 23.8. The van der Waals surface area contributed by atoms with Gasteiger partial charge in [0.05, 0.1) is 5.41 Å². The Kier molecular flexibility index (Phi) is 6.84. The van der Waals surface area contributed by atoms with Gasteiger partial charge in [-0.3, -0.25) is 9.59 Å². The molecule has 5 nitrogen and oxygen atoms in total. The van der Waals surface area contributed by atoms with Gasteiger partial charge in [0.1, 0.15) is 0 Å². The lowest BCUT2D eigenvalue weighted by Gasteiger charge is -2.25. The molecule has 0 aromatic heterocycles. The molecule has 122 valence electrons. The van der Waals surface area contributed by atoms with Gasteiger partial charge in [-0.25, -0.2) is 0 Å². The van der Waals surface area contributed by atoms with Gasteiger partial charge in [-0.2, -0.15) is 0 Å². The molecule has 0 saturated heterocycles. The minimum Gasteiger partial charge on any atom is -0.355 e. The standard InChI is InChI=1S/C16H23N3O2.ClH/c1-18-14(20)13-6-4-12(5-7-13)10-19-15(21)16(11-17)8-2-3-9-16;/h4-7H,2-3,8-11,17H2,1H3,(H,18,20)(H,19,21);1H. The van der Waals surface area contributed by atoms with Crippen LogP contribution in [0.4, 0.5) is 0 Å². The van der Waals surface area contributed by atoms with Crippen molar-refractivity contribution in [1.82, 2.24) is 10.6 Å². The Hall–Kier alpha value is -1.59. The fraction of sp³-hybridized carbons (Fsp3) is 0.500. The van der Waals surface area contributed by atoms with Crippen LogP contribution in [0.15, 0.2) is 24.3 Å². The van der Waals surface area contributed by atoms with Crippen LogP contribution in [0, 0.1) is 5.41 Å². The van der Waals surface area contributed by atoms with E-state index >= 15 is 0 Å². The lowest BCUT2D eigenvalue weighted by molar-refractivity contribution is -0.130. The van der Waals surface area contributed by atoms with Gasteiger partial charge < -0.3 is 16.4 Å². The second-order valence-corrected chi connectivity index (χ2v) is 5.65. The molecule has 1 aromatic rings. The minimum atomic E-state index is -0.373. The van der Waals surface area contributed by atoms with Crippen LogP contribution in [-0.4, -0.2) is 25.4 Å². The highest BCUT2D eigenvalue weighted by atomic mass is 35.5. The van der Waals surface area contributed by atoms with Crippen LogP contribution in [-0.2, 0) is 11.3 Å². The molecule has 1 saturated carbocycles. The van der Waals surface area contributed by atoms with Gasteiger partial charge in [0.15, 0.2) is 0 Å². The van der Waals surface area contributed by atoms with Crippen LogP contribution >= 0.6 is 12.4 Å². The molecule has 0 atom stereocenters. The van der Waals surface area contributed by atoms with Crippen LogP contribution in [0.3, 0.4) is 0 Å². The Balaban J connectivity index is 0.00000242. The Labute approximate surface area is 137 Å². The maximum absolute atomic E-state index is 12.3. The second kappa shape index (κ2) is 8.15. The maximum Gasteiger partial charge on any atom is 0.251 e. The van der Waals surface area contributed by atoms with E-state index in [0.717, 1.165) is 31.2 Å². The molecule has 0 radical (unpaired) electrons. The third-order valence-electron chi connectivity index (χ3n) is 4.33. The van der Waals surface area contributed by atoms with Crippen LogP contribution < -0.4 is 16.4 Å². The lowest BCUT2D eigenvalue weighted by atomic mass is 9.85. The van der Waals surface area contributed by atoms with Crippen molar-refractivity contribution < 1.29 is 9.59 Å².